The molecule has 0 bridgehead atoms. The molecule has 4 rings (SSSR count). The minimum absolute atomic E-state index is 0.0530. The predicted octanol–water partition coefficient (Wildman–Crippen LogP) is 6.12. The maximum atomic E-state index is 14.8. The third kappa shape index (κ3) is 4.48. The normalized spacial score (nSPS) is 21.9. The third-order valence-electron chi connectivity index (χ3n) is 7.29. The second kappa shape index (κ2) is 10.5. The minimum atomic E-state index is -2.97. The zero-order valence-corrected chi connectivity index (χ0v) is 21.9. The van der Waals surface area contributed by atoms with Crippen LogP contribution in [-0.4, -0.2) is 43.1 Å². The van der Waals surface area contributed by atoms with Gasteiger partial charge in [0.1, 0.15) is 0 Å². The first-order valence-corrected chi connectivity index (χ1v) is 14.2. The van der Waals surface area contributed by atoms with Gasteiger partial charge in [-0.15, -0.1) is 0 Å². The van der Waals surface area contributed by atoms with Crippen molar-refractivity contribution in [1.82, 2.24) is 10.1 Å². The lowest BCUT2D eigenvalue weighted by Crippen LogP contribution is -2.49. The summed E-state index contributed by atoms with van der Waals surface area (Å²) < 4.78 is 25.8. The number of hydrogen-bond donors (Lipinski definition) is 3. The number of nitrogens with one attached hydrogen (secondary N) is 2. The highest BCUT2D eigenvalue weighted by Gasteiger charge is 2.54. The van der Waals surface area contributed by atoms with Gasteiger partial charge in [0.2, 0.25) is 5.75 Å². The van der Waals surface area contributed by atoms with Crippen LogP contribution in [0.25, 0.3) is 10.9 Å². The number of pyridine rings is 1. The predicted molar refractivity (Wildman–Crippen MR) is 142 cm³/mol. The van der Waals surface area contributed by atoms with Gasteiger partial charge in [0, 0.05) is 17.6 Å². The maximum absolute atomic E-state index is 14.8. The second-order valence-corrected chi connectivity index (χ2v) is 12.3. The standard InChI is InChI=1S/C27H36N3O4P/c1-5-29-35(32,6-2)27(20-16-23(33-3)26(31)24(17-20)34-4)14-10-9-13-25(27)30-21-15-19-11-7-8-12-22(19)28-18-21/h7-8,11-12,15-18,25,30-31H,5-6,9-10,13-14H2,1-4H3,(H,29,32). The van der Waals surface area contributed by atoms with Gasteiger partial charge in [-0.25, -0.2) is 0 Å². The van der Waals surface area contributed by atoms with E-state index in [0.717, 1.165) is 47.8 Å². The number of para-hydroxylation sites is 1. The van der Waals surface area contributed by atoms with Crippen LogP contribution in [-0.2, 0) is 9.72 Å². The van der Waals surface area contributed by atoms with Crippen LogP contribution in [0.3, 0.4) is 0 Å². The Morgan fingerprint density at radius 2 is 1.83 bits per heavy atom. The number of hydrogen-bond acceptors (Lipinski definition) is 6. The monoisotopic (exact) mass is 497 g/mol. The molecular formula is C27H36N3O4P. The highest BCUT2D eigenvalue weighted by Crippen LogP contribution is 2.67. The maximum Gasteiger partial charge on any atom is 0.200 e. The summed E-state index contributed by atoms with van der Waals surface area (Å²) in [5.74, 6) is 0.576. The van der Waals surface area contributed by atoms with E-state index in [4.69, 9.17) is 9.47 Å². The number of aromatic hydroxyl groups is 1. The number of ether oxygens (including phenoxy) is 2. The molecule has 0 aliphatic heterocycles. The van der Waals surface area contributed by atoms with Crippen molar-refractivity contribution in [2.24, 2.45) is 0 Å². The fourth-order valence-corrected chi connectivity index (χ4v) is 8.96. The van der Waals surface area contributed by atoms with Crippen LogP contribution in [0.5, 0.6) is 17.2 Å². The quantitative estimate of drug-likeness (QED) is 0.307. The van der Waals surface area contributed by atoms with Crippen molar-refractivity contribution in [2.45, 2.75) is 50.7 Å². The number of aromatic nitrogens is 1. The van der Waals surface area contributed by atoms with Gasteiger partial charge in [-0.05, 0) is 49.2 Å². The minimum Gasteiger partial charge on any atom is -0.502 e. The van der Waals surface area contributed by atoms with E-state index in [1.165, 1.54) is 14.2 Å². The van der Waals surface area contributed by atoms with E-state index < -0.39 is 12.4 Å². The highest BCUT2D eigenvalue weighted by atomic mass is 31.2. The third-order valence-corrected chi connectivity index (χ3v) is 11.1. The summed E-state index contributed by atoms with van der Waals surface area (Å²) in [4.78, 5) is 4.63. The Morgan fingerprint density at radius 3 is 2.49 bits per heavy atom. The molecule has 0 amide bonds. The van der Waals surface area contributed by atoms with E-state index in [1.807, 2.05) is 56.4 Å². The Hall–Kier alpha value is -2.76. The second-order valence-electron chi connectivity index (χ2n) is 9.08. The van der Waals surface area contributed by atoms with Crippen molar-refractivity contribution in [1.29, 1.82) is 0 Å². The van der Waals surface area contributed by atoms with E-state index >= 15 is 0 Å². The average Bonchev–Trinajstić information content (AvgIpc) is 2.89. The van der Waals surface area contributed by atoms with Gasteiger partial charge in [-0.2, -0.15) is 0 Å². The highest BCUT2D eigenvalue weighted by molar-refractivity contribution is 7.63. The average molecular weight is 498 g/mol. The summed E-state index contributed by atoms with van der Waals surface area (Å²) >= 11 is 0. The smallest absolute Gasteiger partial charge is 0.200 e. The number of nitrogens with zero attached hydrogens (tertiary/aromatic N) is 1. The molecule has 188 valence electrons. The van der Waals surface area contributed by atoms with Gasteiger partial charge >= 0.3 is 0 Å². The summed E-state index contributed by atoms with van der Waals surface area (Å²) in [6.45, 7) is 4.58. The largest absolute Gasteiger partial charge is 0.502 e. The van der Waals surface area contributed by atoms with Crippen LogP contribution in [0.1, 0.15) is 45.1 Å². The van der Waals surface area contributed by atoms with Crippen molar-refractivity contribution in [2.75, 3.05) is 32.2 Å². The molecule has 2 aromatic carbocycles. The molecular weight excluding hydrogens is 461 g/mol. The summed E-state index contributed by atoms with van der Waals surface area (Å²) in [7, 11) is 0.0685. The molecule has 35 heavy (non-hydrogen) atoms. The van der Waals surface area contributed by atoms with Crippen LogP contribution in [0.2, 0.25) is 0 Å². The molecule has 1 fully saturated rings. The molecule has 1 aliphatic carbocycles. The van der Waals surface area contributed by atoms with E-state index in [1.54, 1.807) is 0 Å². The van der Waals surface area contributed by atoms with Crippen molar-refractivity contribution < 1.29 is 19.1 Å². The van der Waals surface area contributed by atoms with Gasteiger partial charge in [-0.1, -0.05) is 44.9 Å². The number of rotatable bonds is 9. The Labute approximate surface area is 207 Å². The number of phenols is 1. The lowest BCUT2D eigenvalue weighted by Gasteiger charge is -2.50. The molecule has 1 saturated carbocycles. The van der Waals surface area contributed by atoms with Crippen molar-refractivity contribution in [3.05, 3.63) is 54.2 Å². The lowest BCUT2D eigenvalue weighted by molar-refractivity contribution is 0.324. The fraction of sp³-hybridized carbons (Fsp3) is 0.444. The van der Waals surface area contributed by atoms with Gasteiger partial charge in [0.05, 0.1) is 36.8 Å². The molecule has 1 aliphatic rings. The zero-order valence-electron chi connectivity index (χ0n) is 21.0. The number of fused-ring (bicyclic) bond motifs is 1. The Bertz CT molecular complexity index is 1210. The van der Waals surface area contributed by atoms with Crippen LogP contribution in [0.15, 0.2) is 48.7 Å². The summed E-state index contributed by atoms with van der Waals surface area (Å²) in [6.07, 6.45) is 5.93. The van der Waals surface area contributed by atoms with Crippen molar-refractivity contribution in [3.8, 4) is 17.2 Å². The van der Waals surface area contributed by atoms with E-state index in [-0.39, 0.29) is 11.8 Å². The van der Waals surface area contributed by atoms with Crippen LogP contribution in [0, 0.1) is 0 Å². The van der Waals surface area contributed by atoms with E-state index in [9.17, 15) is 9.67 Å². The molecule has 7 nitrogen and oxygen atoms in total. The number of methoxy groups -OCH3 is 2. The Balaban J connectivity index is 1.90. The van der Waals surface area contributed by atoms with Gasteiger partial charge < -0.3 is 24.5 Å². The van der Waals surface area contributed by atoms with Crippen LogP contribution >= 0.6 is 7.29 Å². The Kier molecular flexibility index (Phi) is 7.58. The van der Waals surface area contributed by atoms with E-state index in [2.05, 4.69) is 21.5 Å². The molecule has 3 atom stereocenters. The number of benzene rings is 2. The topological polar surface area (TPSA) is 92.7 Å². The molecule has 3 N–H and O–H groups in total. The lowest BCUT2D eigenvalue weighted by atomic mass is 9.78. The first kappa shape index (κ1) is 25.3. The molecule has 3 aromatic rings. The first-order valence-electron chi connectivity index (χ1n) is 12.3. The summed E-state index contributed by atoms with van der Waals surface area (Å²) in [6, 6.07) is 13.7. The van der Waals surface area contributed by atoms with E-state index in [0.29, 0.717) is 24.2 Å². The molecule has 1 aromatic heterocycles. The Morgan fingerprint density at radius 1 is 1.11 bits per heavy atom. The first-order chi connectivity index (χ1) is 16.9. The molecule has 1 heterocycles. The molecule has 0 saturated heterocycles. The molecule has 0 radical (unpaired) electrons. The van der Waals surface area contributed by atoms with Crippen LogP contribution in [0.4, 0.5) is 5.69 Å². The van der Waals surface area contributed by atoms with Crippen LogP contribution < -0.4 is 19.9 Å². The van der Waals surface area contributed by atoms with Crippen molar-refractivity contribution >= 4 is 23.9 Å². The van der Waals surface area contributed by atoms with Gasteiger partial charge in [0.15, 0.2) is 18.8 Å². The molecule has 0 spiro atoms. The fourth-order valence-electron chi connectivity index (χ4n) is 5.62. The van der Waals surface area contributed by atoms with Gasteiger partial charge in [0.25, 0.3) is 0 Å². The summed E-state index contributed by atoms with van der Waals surface area (Å²) in [5.41, 5.74) is 2.69. The van der Waals surface area contributed by atoms with Crippen molar-refractivity contribution in [3.63, 3.8) is 0 Å². The molecule has 8 heteroatoms. The molecule has 3 unspecified atom stereocenters. The summed E-state index contributed by atoms with van der Waals surface area (Å²) in [5, 5.41) is 18.1. The van der Waals surface area contributed by atoms with Gasteiger partial charge in [-0.3, -0.25) is 10.1 Å². The number of anilines is 1. The zero-order chi connectivity index (χ0) is 25.1. The SMILES string of the molecule is CCNP(=O)(CC)C1(c2cc(OC)c(O)c(OC)c2)CCCCC1Nc1cnc2ccccc2c1. The number of phenolic OH excluding ortho intramolecular Hbond substituents is 1.